The quantitative estimate of drug-likeness (QED) is 0.840. The number of likely N-dealkylation sites (tertiary alicyclic amines) is 2. The average Bonchev–Trinajstić information content (AvgIpc) is 3.01. The van der Waals surface area contributed by atoms with Crippen LogP contribution in [0.4, 0.5) is 0 Å². The molecule has 0 unspecified atom stereocenters. The standard InChI is InChI=1S/C17H26N2O2/c1-14(2)18-9-6-17(7-10-18)5-3-8-19(13-17)16(20)15-4-11-21-12-15/h4,11-12,14H,3,5-10,13H2,1-2H3. The van der Waals surface area contributed by atoms with Crippen LogP contribution in [-0.4, -0.2) is 47.9 Å². The van der Waals surface area contributed by atoms with Crippen LogP contribution < -0.4 is 0 Å². The lowest BCUT2D eigenvalue weighted by atomic mass is 9.72. The summed E-state index contributed by atoms with van der Waals surface area (Å²) in [6.07, 6.45) is 7.99. The molecule has 1 amide bonds. The molecule has 1 spiro atoms. The van der Waals surface area contributed by atoms with Gasteiger partial charge in [-0.15, -0.1) is 0 Å². The van der Waals surface area contributed by atoms with E-state index in [4.69, 9.17) is 4.42 Å². The lowest BCUT2D eigenvalue weighted by Gasteiger charge is -2.48. The normalized spacial score (nSPS) is 22.9. The number of nitrogens with zero attached hydrogens (tertiary/aromatic N) is 2. The first kappa shape index (κ1) is 14.6. The first-order valence-electron chi connectivity index (χ1n) is 8.15. The fourth-order valence-electron chi connectivity index (χ4n) is 3.87. The highest BCUT2D eigenvalue weighted by atomic mass is 16.3. The Morgan fingerprint density at radius 3 is 2.62 bits per heavy atom. The lowest BCUT2D eigenvalue weighted by Crippen LogP contribution is -2.52. The molecule has 0 bridgehead atoms. The number of carbonyl (C=O) groups is 1. The van der Waals surface area contributed by atoms with Crippen LogP contribution in [0.5, 0.6) is 0 Å². The third kappa shape index (κ3) is 3.00. The Balaban J connectivity index is 1.65. The predicted molar refractivity (Wildman–Crippen MR) is 82.2 cm³/mol. The summed E-state index contributed by atoms with van der Waals surface area (Å²) in [6, 6.07) is 2.40. The monoisotopic (exact) mass is 290 g/mol. The van der Waals surface area contributed by atoms with Crippen molar-refractivity contribution in [3.63, 3.8) is 0 Å². The number of amides is 1. The molecule has 0 aromatic carbocycles. The Morgan fingerprint density at radius 1 is 1.24 bits per heavy atom. The first-order valence-corrected chi connectivity index (χ1v) is 8.15. The Kier molecular flexibility index (Phi) is 4.07. The van der Waals surface area contributed by atoms with Gasteiger partial charge in [0.05, 0.1) is 11.8 Å². The molecule has 2 aliphatic rings. The van der Waals surface area contributed by atoms with Crippen molar-refractivity contribution in [2.24, 2.45) is 5.41 Å². The van der Waals surface area contributed by atoms with Crippen LogP contribution in [0, 0.1) is 5.41 Å². The summed E-state index contributed by atoms with van der Waals surface area (Å²) in [4.78, 5) is 17.1. The molecule has 2 saturated heterocycles. The van der Waals surface area contributed by atoms with Crippen LogP contribution in [0.15, 0.2) is 23.0 Å². The second-order valence-corrected chi connectivity index (χ2v) is 6.97. The summed E-state index contributed by atoms with van der Waals surface area (Å²) in [6.45, 7) is 8.70. The van der Waals surface area contributed by atoms with E-state index in [-0.39, 0.29) is 5.91 Å². The zero-order chi connectivity index (χ0) is 14.9. The molecule has 0 aliphatic carbocycles. The Hall–Kier alpha value is -1.29. The largest absolute Gasteiger partial charge is 0.472 e. The van der Waals surface area contributed by atoms with Gasteiger partial charge in [0.2, 0.25) is 0 Å². The van der Waals surface area contributed by atoms with Crippen molar-refractivity contribution in [1.29, 1.82) is 0 Å². The number of furan rings is 1. The summed E-state index contributed by atoms with van der Waals surface area (Å²) in [5.74, 6) is 0.133. The van der Waals surface area contributed by atoms with Gasteiger partial charge in [0, 0.05) is 19.1 Å². The summed E-state index contributed by atoms with van der Waals surface area (Å²) >= 11 is 0. The summed E-state index contributed by atoms with van der Waals surface area (Å²) < 4.78 is 5.05. The van der Waals surface area contributed by atoms with E-state index in [0.717, 1.165) is 19.5 Å². The van der Waals surface area contributed by atoms with E-state index in [9.17, 15) is 4.79 Å². The van der Waals surface area contributed by atoms with E-state index in [0.29, 0.717) is 17.0 Å². The minimum atomic E-state index is 0.133. The van der Waals surface area contributed by atoms with Gasteiger partial charge in [0.25, 0.3) is 5.91 Å². The summed E-state index contributed by atoms with van der Waals surface area (Å²) in [7, 11) is 0. The zero-order valence-corrected chi connectivity index (χ0v) is 13.2. The van der Waals surface area contributed by atoms with Crippen LogP contribution in [0.1, 0.15) is 49.9 Å². The van der Waals surface area contributed by atoms with Crippen molar-refractivity contribution in [2.45, 2.75) is 45.6 Å². The molecule has 116 valence electrons. The van der Waals surface area contributed by atoms with Crippen LogP contribution in [0.25, 0.3) is 0 Å². The van der Waals surface area contributed by atoms with E-state index >= 15 is 0 Å². The van der Waals surface area contributed by atoms with Gasteiger partial charge in [-0.05, 0) is 64.1 Å². The van der Waals surface area contributed by atoms with Crippen LogP contribution in [-0.2, 0) is 0 Å². The average molecular weight is 290 g/mol. The summed E-state index contributed by atoms with van der Waals surface area (Å²) in [5, 5.41) is 0. The molecule has 2 aliphatic heterocycles. The highest BCUT2D eigenvalue weighted by molar-refractivity contribution is 5.93. The van der Waals surface area contributed by atoms with Crippen molar-refractivity contribution in [3.05, 3.63) is 24.2 Å². The molecule has 0 N–H and O–H groups in total. The maximum atomic E-state index is 12.5. The van der Waals surface area contributed by atoms with Crippen LogP contribution in [0.2, 0.25) is 0 Å². The van der Waals surface area contributed by atoms with E-state index in [1.807, 2.05) is 4.90 Å². The third-order valence-electron chi connectivity index (χ3n) is 5.31. The summed E-state index contributed by atoms with van der Waals surface area (Å²) in [5.41, 5.74) is 1.04. The van der Waals surface area contributed by atoms with Gasteiger partial charge >= 0.3 is 0 Å². The van der Waals surface area contributed by atoms with Gasteiger partial charge in [-0.3, -0.25) is 4.79 Å². The Labute approximate surface area is 127 Å². The molecule has 1 aromatic heterocycles. The van der Waals surface area contributed by atoms with Gasteiger partial charge < -0.3 is 14.2 Å². The molecule has 21 heavy (non-hydrogen) atoms. The van der Waals surface area contributed by atoms with Crippen molar-refractivity contribution < 1.29 is 9.21 Å². The van der Waals surface area contributed by atoms with Crippen molar-refractivity contribution >= 4 is 5.91 Å². The molecule has 2 fully saturated rings. The highest BCUT2D eigenvalue weighted by Gasteiger charge is 2.40. The number of carbonyl (C=O) groups excluding carboxylic acids is 1. The van der Waals surface area contributed by atoms with Gasteiger partial charge in [0.1, 0.15) is 6.26 Å². The Morgan fingerprint density at radius 2 is 2.00 bits per heavy atom. The lowest BCUT2D eigenvalue weighted by molar-refractivity contribution is 0.0149. The molecule has 1 aromatic rings. The van der Waals surface area contributed by atoms with E-state index < -0.39 is 0 Å². The molecular formula is C17H26N2O2. The first-order chi connectivity index (χ1) is 10.1. The number of hydrogen-bond donors (Lipinski definition) is 0. The molecule has 3 rings (SSSR count). The molecule has 0 atom stereocenters. The molecule has 4 heteroatoms. The van der Waals surface area contributed by atoms with Crippen molar-refractivity contribution in [1.82, 2.24) is 9.80 Å². The fraction of sp³-hybridized carbons (Fsp3) is 0.706. The topological polar surface area (TPSA) is 36.7 Å². The van der Waals surface area contributed by atoms with E-state index in [1.54, 1.807) is 18.6 Å². The molecule has 0 radical (unpaired) electrons. The van der Waals surface area contributed by atoms with Crippen LogP contribution >= 0.6 is 0 Å². The minimum absolute atomic E-state index is 0.133. The highest BCUT2D eigenvalue weighted by Crippen LogP contribution is 2.40. The molecule has 3 heterocycles. The van der Waals surface area contributed by atoms with Gasteiger partial charge in [-0.2, -0.15) is 0 Å². The fourth-order valence-corrected chi connectivity index (χ4v) is 3.87. The Bertz CT molecular complexity index is 473. The molecular weight excluding hydrogens is 264 g/mol. The van der Waals surface area contributed by atoms with Gasteiger partial charge in [0.15, 0.2) is 0 Å². The SMILES string of the molecule is CC(C)N1CCC2(CCCN(C(=O)c3ccoc3)C2)CC1. The second-order valence-electron chi connectivity index (χ2n) is 6.97. The van der Waals surface area contributed by atoms with Crippen LogP contribution in [0.3, 0.4) is 0 Å². The second kappa shape index (κ2) is 5.84. The third-order valence-corrected chi connectivity index (χ3v) is 5.31. The van der Waals surface area contributed by atoms with E-state index in [2.05, 4.69) is 18.7 Å². The van der Waals surface area contributed by atoms with Gasteiger partial charge in [-0.1, -0.05) is 0 Å². The molecule has 0 saturated carbocycles. The van der Waals surface area contributed by atoms with Crippen molar-refractivity contribution in [3.8, 4) is 0 Å². The predicted octanol–water partition coefficient (Wildman–Crippen LogP) is 3.01. The zero-order valence-electron chi connectivity index (χ0n) is 13.2. The maximum Gasteiger partial charge on any atom is 0.257 e. The molecule has 4 nitrogen and oxygen atoms in total. The number of hydrogen-bond acceptors (Lipinski definition) is 3. The van der Waals surface area contributed by atoms with Gasteiger partial charge in [-0.25, -0.2) is 0 Å². The minimum Gasteiger partial charge on any atom is -0.472 e. The smallest absolute Gasteiger partial charge is 0.257 e. The maximum absolute atomic E-state index is 12.5. The van der Waals surface area contributed by atoms with E-state index in [1.165, 1.54) is 32.4 Å². The van der Waals surface area contributed by atoms with Crippen molar-refractivity contribution in [2.75, 3.05) is 26.2 Å². The number of rotatable bonds is 2. The number of piperidine rings is 2.